The second kappa shape index (κ2) is 9.14. The van der Waals surface area contributed by atoms with E-state index in [0.717, 1.165) is 4.48 Å². The SMILES string of the molecule is CCCCCCCCCC[N+](C)(C)c1ccccc1. The zero-order valence-electron chi connectivity index (χ0n) is 13.2. The number of nitrogens with zero attached hydrogens (tertiary/aromatic N) is 1. The summed E-state index contributed by atoms with van der Waals surface area (Å²) in [5.41, 5.74) is 1.42. The van der Waals surface area contributed by atoms with Gasteiger partial charge in [-0.15, -0.1) is 0 Å². The van der Waals surface area contributed by atoms with Gasteiger partial charge in [-0.1, -0.05) is 63.6 Å². The molecule has 0 aliphatic heterocycles. The number of hydrogen-bond acceptors (Lipinski definition) is 0. The third-order valence-electron chi connectivity index (χ3n) is 4.03. The molecule has 1 aromatic carbocycles. The summed E-state index contributed by atoms with van der Waals surface area (Å²) in [5.74, 6) is 0. The molecule has 0 aromatic heterocycles. The zero-order valence-corrected chi connectivity index (χ0v) is 13.2. The van der Waals surface area contributed by atoms with Gasteiger partial charge in [-0.3, -0.25) is 4.48 Å². The maximum atomic E-state index is 2.32. The van der Waals surface area contributed by atoms with Gasteiger partial charge < -0.3 is 0 Å². The zero-order chi connectivity index (χ0) is 14.0. The van der Waals surface area contributed by atoms with Crippen LogP contribution in [0, 0.1) is 0 Å². The van der Waals surface area contributed by atoms with Gasteiger partial charge in [0.25, 0.3) is 0 Å². The highest BCUT2D eigenvalue weighted by molar-refractivity contribution is 5.40. The fourth-order valence-corrected chi connectivity index (χ4v) is 2.60. The summed E-state index contributed by atoms with van der Waals surface area (Å²) in [4.78, 5) is 0. The maximum Gasteiger partial charge on any atom is 0.132 e. The molecule has 0 aliphatic carbocycles. The van der Waals surface area contributed by atoms with Gasteiger partial charge in [0.15, 0.2) is 0 Å². The molecular formula is C18H32N+. The van der Waals surface area contributed by atoms with Crippen LogP contribution in [0.5, 0.6) is 0 Å². The molecule has 0 amide bonds. The van der Waals surface area contributed by atoms with Crippen LogP contribution in [0.3, 0.4) is 0 Å². The molecule has 0 saturated heterocycles. The monoisotopic (exact) mass is 262 g/mol. The minimum absolute atomic E-state index is 1.01. The van der Waals surface area contributed by atoms with Crippen molar-refractivity contribution in [3.8, 4) is 0 Å². The highest BCUT2D eigenvalue weighted by Crippen LogP contribution is 2.19. The van der Waals surface area contributed by atoms with E-state index in [0.29, 0.717) is 0 Å². The molecule has 0 bridgehead atoms. The molecule has 0 unspecified atom stereocenters. The van der Waals surface area contributed by atoms with Crippen molar-refractivity contribution in [3.05, 3.63) is 30.3 Å². The van der Waals surface area contributed by atoms with Gasteiger partial charge in [-0.25, -0.2) is 0 Å². The lowest BCUT2D eigenvalue weighted by Crippen LogP contribution is -2.41. The van der Waals surface area contributed by atoms with E-state index in [2.05, 4.69) is 51.4 Å². The van der Waals surface area contributed by atoms with Crippen LogP contribution in [0.15, 0.2) is 30.3 Å². The Kier molecular flexibility index (Phi) is 7.81. The van der Waals surface area contributed by atoms with Crippen LogP contribution in [0.2, 0.25) is 0 Å². The molecule has 0 N–H and O–H groups in total. The third kappa shape index (κ3) is 6.77. The molecule has 0 atom stereocenters. The van der Waals surface area contributed by atoms with Gasteiger partial charge in [0.1, 0.15) is 5.69 Å². The van der Waals surface area contributed by atoms with Crippen molar-refractivity contribution in [2.45, 2.75) is 58.3 Å². The molecule has 0 saturated carbocycles. The molecule has 1 rings (SSSR count). The average Bonchev–Trinajstić information content (AvgIpc) is 2.43. The first kappa shape index (κ1) is 16.2. The Morgan fingerprint density at radius 3 is 1.84 bits per heavy atom. The van der Waals surface area contributed by atoms with Gasteiger partial charge in [-0.05, 0) is 25.0 Å². The lowest BCUT2D eigenvalue weighted by atomic mass is 10.1. The molecular weight excluding hydrogens is 230 g/mol. The molecule has 19 heavy (non-hydrogen) atoms. The molecule has 0 spiro atoms. The molecule has 0 radical (unpaired) electrons. The van der Waals surface area contributed by atoms with Gasteiger partial charge in [0.2, 0.25) is 0 Å². The minimum atomic E-state index is 1.01. The predicted molar refractivity (Wildman–Crippen MR) is 87.6 cm³/mol. The molecule has 0 heterocycles. The van der Waals surface area contributed by atoms with Crippen LogP contribution >= 0.6 is 0 Å². The number of rotatable bonds is 10. The standard InChI is InChI=1S/C18H32N/c1-4-5-6-7-8-9-10-14-17-19(2,3)18-15-12-11-13-16-18/h11-13,15-16H,4-10,14,17H2,1-3H3/q+1. The molecule has 108 valence electrons. The Morgan fingerprint density at radius 1 is 0.737 bits per heavy atom. The van der Waals surface area contributed by atoms with Crippen molar-refractivity contribution >= 4 is 5.69 Å². The van der Waals surface area contributed by atoms with Crippen molar-refractivity contribution in [1.29, 1.82) is 0 Å². The van der Waals surface area contributed by atoms with E-state index in [1.165, 1.54) is 63.6 Å². The number of benzene rings is 1. The quantitative estimate of drug-likeness (QED) is 0.391. The first-order valence-electron chi connectivity index (χ1n) is 8.05. The fraction of sp³-hybridized carbons (Fsp3) is 0.667. The van der Waals surface area contributed by atoms with Crippen molar-refractivity contribution in [1.82, 2.24) is 4.48 Å². The van der Waals surface area contributed by atoms with Gasteiger partial charge in [-0.2, -0.15) is 0 Å². The first-order valence-corrected chi connectivity index (χ1v) is 8.05. The van der Waals surface area contributed by atoms with Crippen LogP contribution in [-0.4, -0.2) is 20.6 Å². The molecule has 0 fully saturated rings. The highest BCUT2D eigenvalue weighted by Gasteiger charge is 2.17. The van der Waals surface area contributed by atoms with E-state index >= 15 is 0 Å². The second-order valence-corrected chi connectivity index (χ2v) is 6.22. The van der Waals surface area contributed by atoms with E-state index in [4.69, 9.17) is 0 Å². The first-order chi connectivity index (χ1) is 9.17. The maximum absolute atomic E-state index is 2.32. The summed E-state index contributed by atoms with van der Waals surface area (Å²) in [6.45, 7) is 3.53. The largest absolute Gasteiger partial charge is 0.296 e. The summed E-state index contributed by atoms with van der Waals surface area (Å²) < 4.78 is 1.01. The fourth-order valence-electron chi connectivity index (χ4n) is 2.60. The normalized spacial score (nSPS) is 11.7. The van der Waals surface area contributed by atoms with E-state index in [1.807, 2.05) is 0 Å². The number of para-hydroxylation sites is 1. The Hall–Kier alpha value is -0.820. The molecule has 1 nitrogen and oxygen atoms in total. The summed E-state index contributed by atoms with van der Waals surface area (Å²) >= 11 is 0. The topological polar surface area (TPSA) is 0 Å². The smallest absolute Gasteiger partial charge is 0.132 e. The number of hydrogen-bond donors (Lipinski definition) is 0. The Bertz CT molecular complexity index is 316. The van der Waals surface area contributed by atoms with Crippen molar-refractivity contribution in [2.75, 3.05) is 20.6 Å². The third-order valence-corrected chi connectivity index (χ3v) is 4.03. The van der Waals surface area contributed by atoms with Crippen LogP contribution in [0.1, 0.15) is 58.3 Å². The van der Waals surface area contributed by atoms with Crippen LogP contribution in [0.4, 0.5) is 5.69 Å². The number of unbranched alkanes of at least 4 members (excludes halogenated alkanes) is 7. The minimum Gasteiger partial charge on any atom is -0.296 e. The van der Waals surface area contributed by atoms with Gasteiger partial charge in [0, 0.05) is 0 Å². The molecule has 1 heteroatoms. The van der Waals surface area contributed by atoms with E-state index in [9.17, 15) is 0 Å². The summed E-state index contributed by atoms with van der Waals surface area (Å²) in [6, 6.07) is 10.9. The molecule has 0 aliphatic rings. The predicted octanol–water partition coefficient (Wildman–Crippen LogP) is 5.39. The lowest BCUT2D eigenvalue weighted by Gasteiger charge is -2.29. The lowest BCUT2D eigenvalue weighted by molar-refractivity contribution is 0.381. The average molecular weight is 262 g/mol. The summed E-state index contributed by atoms with van der Waals surface area (Å²) in [6.07, 6.45) is 11.2. The van der Waals surface area contributed by atoms with Crippen LogP contribution < -0.4 is 4.48 Å². The van der Waals surface area contributed by atoms with Gasteiger partial charge in [0.05, 0.1) is 20.6 Å². The van der Waals surface area contributed by atoms with E-state index in [-0.39, 0.29) is 0 Å². The van der Waals surface area contributed by atoms with Crippen molar-refractivity contribution in [3.63, 3.8) is 0 Å². The second-order valence-electron chi connectivity index (χ2n) is 6.22. The summed E-state index contributed by atoms with van der Waals surface area (Å²) in [5, 5.41) is 0. The molecule has 1 aromatic rings. The Labute approximate surface area is 120 Å². The van der Waals surface area contributed by atoms with Crippen LogP contribution in [0.25, 0.3) is 0 Å². The van der Waals surface area contributed by atoms with Crippen molar-refractivity contribution < 1.29 is 0 Å². The Morgan fingerprint density at radius 2 is 1.26 bits per heavy atom. The Balaban J connectivity index is 2.12. The van der Waals surface area contributed by atoms with Crippen molar-refractivity contribution in [2.24, 2.45) is 0 Å². The van der Waals surface area contributed by atoms with Gasteiger partial charge >= 0.3 is 0 Å². The van der Waals surface area contributed by atoms with Crippen LogP contribution in [-0.2, 0) is 0 Å². The highest BCUT2D eigenvalue weighted by atomic mass is 15.3. The van der Waals surface area contributed by atoms with E-state index in [1.54, 1.807) is 0 Å². The van der Waals surface area contributed by atoms with E-state index < -0.39 is 0 Å². The number of quaternary nitrogens is 1. The summed E-state index contributed by atoms with van der Waals surface area (Å²) in [7, 11) is 4.63.